The van der Waals surface area contributed by atoms with Gasteiger partial charge in [-0.25, -0.2) is 14.6 Å². The molecule has 1 aliphatic heterocycles. The van der Waals surface area contributed by atoms with Crippen LogP contribution in [0.2, 0.25) is 18.1 Å². The van der Waals surface area contributed by atoms with Crippen LogP contribution < -0.4 is 14.8 Å². The minimum Gasteiger partial charge on any atom is -0.497 e. The number of fused-ring (bicyclic) bond motifs is 1. The van der Waals surface area contributed by atoms with Crippen LogP contribution in [0.4, 0.5) is 5.95 Å². The SMILES string of the molecule is COc1ccc(C(OC[C@H]2O[C@@H](n3cnc4cnc(NC(=O)C(C)C)nc43)C(O[Si](C)(C)C(C)(C)C)[C@H]2OP(OCCC#N)N(C(C)C)C(C)C)(c2ccccc2)c2ccc(OC)cc2)cc1. The smallest absolute Gasteiger partial charge is 0.259 e. The van der Waals surface area contributed by atoms with E-state index in [1.807, 2.05) is 85.1 Å². The molecule has 1 N–H and O–H groups in total. The van der Waals surface area contributed by atoms with E-state index < -0.39 is 47.0 Å². The summed E-state index contributed by atoms with van der Waals surface area (Å²) in [6.07, 6.45) is 0.254. The molecule has 0 radical (unpaired) electrons. The molecule has 1 saturated heterocycles. The number of hydrogen-bond acceptors (Lipinski definition) is 13. The summed E-state index contributed by atoms with van der Waals surface area (Å²) in [4.78, 5) is 26.8. The van der Waals surface area contributed by atoms with Gasteiger partial charge in [-0.05, 0) is 86.8 Å². The Bertz CT molecular complexity index is 2370. The number of hydrogen-bond donors (Lipinski definition) is 1. The summed E-state index contributed by atoms with van der Waals surface area (Å²) in [5.74, 6) is 1.05. The maximum atomic E-state index is 12.9. The topological polar surface area (TPSA) is 164 Å². The molecule has 0 spiro atoms. The standard InChI is InChI=1S/C50H68N7O8PSi/c1-33(2)46(58)55-48-52-30-41-45(54-48)56(32-53-41)47-44(65-67(12,13)49(7,8)9)43(64-66(62-29-17-28-51)57(34(3)4)35(5)6)42(63-47)31-61-50(36-18-15-14-16-19-36,37-20-24-39(59-10)25-21-37)38-22-26-40(60-11)27-23-38/h14-16,18-27,30,32-35,42-44,47H,17,29,31H2,1-13H3,(H,52,54,55,58)/t42-,43+,44?,47-,66?/m1/s1. The van der Waals surface area contributed by atoms with Gasteiger partial charge in [0.2, 0.25) is 11.9 Å². The van der Waals surface area contributed by atoms with Gasteiger partial charge in [-0.3, -0.25) is 14.7 Å². The molecule has 0 bridgehead atoms. The Hall–Kier alpha value is -4.82. The van der Waals surface area contributed by atoms with Gasteiger partial charge >= 0.3 is 0 Å². The maximum Gasteiger partial charge on any atom is 0.259 e. The van der Waals surface area contributed by atoms with Gasteiger partial charge in [-0.1, -0.05) is 89.2 Å². The second-order valence-corrected chi connectivity index (χ2v) is 25.2. The first-order valence-electron chi connectivity index (χ1n) is 22.9. The molecular weight excluding hydrogens is 886 g/mol. The van der Waals surface area contributed by atoms with Gasteiger partial charge in [0.15, 0.2) is 20.2 Å². The Balaban J connectivity index is 1.57. The Morgan fingerprint density at radius 1 is 0.881 bits per heavy atom. The van der Waals surface area contributed by atoms with Crippen LogP contribution in [-0.4, -0.2) is 96.2 Å². The van der Waals surface area contributed by atoms with E-state index in [1.54, 1.807) is 26.7 Å². The van der Waals surface area contributed by atoms with E-state index in [1.165, 1.54) is 0 Å². The summed E-state index contributed by atoms with van der Waals surface area (Å²) in [5.41, 5.74) is 2.35. The first-order valence-corrected chi connectivity index (χ1v) is 27.0. The molecule has 360 valence electrons. The summed E-state index contributed by atoms with van der Waals surface area (Å²) in [6.45, 7) is 23.2. The number of nitriles is 1. The van der Waals surface area contributed by atoms with Crippen molar-refractivity contribution in [2.75, 3.05) is 32.8 Å². The summed E-state index contributed by atoms with van der Waals surface area (Å²) in [7, 11) is -1.15. The molecule has 0 saturated carbocycles. The van der Waals surface area contributed by atoms with Crippen molar-refractivity contribution in [1.82, 2.24) is 24.2 Å². The number of rotatable bonds is 21. The lowest BCUT2D eigenvalue weighted by Gasteiger charge is -2.42. The lowest BCUT2D eigenvalue weighted by atomic mass is 9.80. The third-order valence-electron chi connectivity index (χ3n) is 12.4. The van der Waals surface area contributed by atoms with Crippen molar-refractivity contribution in [3.63, 3.8) is 0 Å². The number of aromatic nitrogens is 4. The quantitative estimate of drug-likeness (QED) is 0.0320. The normalized spacial score (nSPS) is 18.5. The van der Waals surface area contributed by atoms with Crippen molar-refractivity contribution in [2.45, 2.75) is 129 Å². The zero-order valence-electron chi connectivity index (χ0n) is 41.2. The van der Waals surface area contributed by atoms with Crippen molar-refractivity contribution < 1.29 is 37.2 Å². The Kier molecular flexibility index (Phi) is 17.0. The van der Waals surface area contributed by atoms with Crippen LogP contribution in [0.15, 0.2) is 91.4 Å². The van der Waals surface area contributed by atoms with Crippen molar-refractivity contribution in [3.05, 3.63) is 108 Å². The Morgan fingerprint density at radius 2 is 1.46 bits per heavy atom. The van der Waals surface area contributed by atoms with Crippen LogP contribution in [0.5, 0.6) is 11.5 Å². The summed E-state index contributed by atoms with van der Waals surface area (Å²) in [6, 6.07) is 28.2. The largest absolute Gasteiger partial charge is 0.497 e. The number of nitrogens with one attached hydrogen (secondary N) is 1. The fourth-order valence-corrected chi connectivity index (χ4v) is 10.9. The first kappa shape index (κ1) is 51.6. The molecule has 0 aliphatic carbocycles. The van der Waals surface area contributed by atoms with Gasteiger partial charge in [-0.2, -0.15) is 10.2 Å². The number of carbonyl (C=O) groups is 1. The third-order valence-corrected chi connectivity index (χ3v) is 19.0. The van der Waals surface area contributed by atoms with E-state index in [-0.39, 0.29) is 54.5 Å². The van der Waals surface area contributed by atoms with Gasteiger partial charge in [-0.15, -0.1) is 0 Å². The van der Waals surface area contributed by atoms with Gasteiger partial charge in [0.05, 0.1) is 52.4 Å². The highest BCUT2D eigenvalue weighted by Crippen LogP contribution is 2.53. The number of methoxy groups -OCH3 is 2. The monoisotopic (exact) mass is 953 g/mol. The van der Waals surface area contributed by atoms with Gasteiger partial charge in [0, 0.05) is 18.0 Å². The molecule has 2 unspecified atom stereocenters. The van der Waals surface area contributed by atoms with Crippen LogP contribution >= 0.6 is 8.53 Å². The average Bonchev–Trinajstić information content (AvgIpc) is 3.86. The second-order valence-electron chi connectivity index (χ2n) is 19.0. The van der Waals surface area contributed by atoms with E-state index in [2.05, 4.69) is 94.7 Å². The average molecular weight is 954 g/mol. The summed E-state index contributed by atoms with van der Waals surface area (Å²) < 4.78 is 51.7. The van der Waals surface area contributed by atoms with Crippen LogP contribution in [-0.2, 0) is 33.3 Å². The van der Waals surface area contributed by atoms with E-state index >= 15 is 0 Å². The minimum atomic E-state index is -2.64. The highest BCUT2D eigenvalue weighted by molar-refractivity contribution is 7.44. The lowest BCUT2D eigenvalue weighted by molar-refractivity contribution is -0.118. The van der Waals surface area contributed by atoms with E-state index in [4.69, 9.17) is 42.4 Å². The molecular formula is C50H68N7O8PSi. The predicted octanol–water partition coefficient (Wildman–Crippen LogP) is 10.4. The number of nitrogens with zero attached hydrogens (tertiary/aromatic N) is 6. The number of carbonyl (C=O) groups excluding carboxylic acids is 1. The van der Waals surface area contributed by atoms with Gasteiger partial charge in [0.25, 0.3) is 8.53 Å². The molecule has 3 aromatic carbocycles. The van der Waals surface area contributed by atoms with Gasteiger partial charge < -0.3 is 32.4 Å². The first-order chi connectivity index (χ1) is 31.8. The Labute approximate surface area is 398 Å². The zero-order valence-corrected chi connectivity index (χ0v) is 43.1. The second kappa shape index (κ2) is 22.1. The number of ether oxygens (including phenoxy) is 4. The third kappa shape index (κ3) is 11.6. The predicted molar refractivity (Wildman–Crippen MR) is 263 cm³/mol. The zero-order chi connectivity index (χ0) is 48.7. The molecule has 3 heterocycles. The number of imidazole rings is 1. The molecule has 15 nitrogen and oxygen atoms in total. The van der Waals surface area contributed by atoms with E-state index in [0.29, 0.717) is 22.7 Å². The molecule has 2 aromatic heterocycles. The number of anilines is 1. The molecule has 6 rings (SSSR count). The highest BCUT2D eigenvalue weighted by atomic mass is 31.2. The van der Waals surface area contributed by atoms with Crippen LogP contribution in [0.3, 0.4) is 0 Å². The van der Waals surface area contributed by atoms with Crippen molar-refractivity contribution in [3.8, 4) is 17.6 Å². The minimum absolute atomic E-state index is 0.00746. The number of amides is 1. The fraction of sp³-hybridized carbons (Fsp3) is 0.500. The molecule has 1 amide bonds. The van der Waals surface area contributed by atoms with Gasteiger partial charge in [0.1, 0.15) is 40.9 Å². The van der Waals surface area contributed by atoms with Crippen molar-refractivity contribution in [2.24, 2.45) is 5.92 Å². The van der Waals surface area contributed by atoms with E-state index in [0.717, 1.165) is 16.7 Å². The van der Waals surface area contributed by atoms with Crippen molar-refractivity contribution >= 4 is 39.9 Å². The number of benzene rings is 3. The lowest BCUT2D eigenvalue weighted by Crippen LogP contribution is -2.50. The fourth-order valence-electron chi connectivity index (χ4n) is 7.84. The highest BCUT2D eigenvalue weighted by Gasteiger charge is 2.54. The molecule has 1 fully saturated rings. The Morgan fingerprint density at radius 3 is 1.99 bits per heavy atom. The van der Waals surface area contributed by atoms with E-state index in [9.17, 15) is 10.1 Å². The molecule has 5 atom stereocenters. The van der Waals surface area contributed by atoms with Crippen LogP contribution in [0.1, 0.15) is 91.7 Å². The van der Waals surface area contributed by atoms with Crippen LogP contribution in [0.25, 0.3) is 11.2 Å². The molecule has 67 heavy (non-hydrogen) atoms. The van der Waals surface area contributed by atoms with Crippen LogP contribution in [0, 0.1) is 17.2 Å². The molecule has 17 heteroatoms. The molecule has 1 aliphatic rings. The maximum absolute atomic E-state index is 12.9. The molecule has 5 aromatic rings. The summed E-state index contributed by atoms with van der Waals surface area (Å²) >= 11 is 0. The van der Waals surface area contributed by atoms with Crippen molar-refractivity contribution in [1.29, 1.82) is 5.26 Å². The summed E-state index contributed by atoms with van der Waals surface area (Å²) in [5, 5.41) is 12.3.